The normalized spacial score (nSPS) is 19.6. The molecule has 1 aliphatic carbocycles. The maximum Gasteiger partial charge on any atom is 0.261 e. The Balaban J connectivity index is 1.43. The molecule has 0 bridgehead atoms. The highest BCUT2D eigenvalue weighted by atomic mass is 16.5. The lowest BCUT2D eigenvalue weighted by Gasteiger charge is -2.32. The molecule has 0 saturated carbocycles. The number of nitrogens with one attached hydrogen (secondary N) is 1. The van der Waals surface area contributed by atoms with Crippen LogP contribution in [0.25, 0.3) is 0 Å². The predicted octanol–water partition coefficient (Wildman–Crippen LogP) is 2.47. The fourth-order valence-electron chi connectivity index (χ4n) is 3.95. The van der Waals surface area contributed by atoms with Gasteiger partial charge >= 0.3 is 0 Å². The molecule has 1 N–H and O–H groups in total. The molecule has 1 aliphatic heterocycles. The van der Waals surface area contributed by atoms with Crippen molar-refractivity contribution < 1.29 is 9.53 Å². The Morgan fingerprint density at radius 3 is 3.00 bits per heavy atom. The molecule has 3 heterocycles. The minimum absolute atomic E-state index is 0.0265. The lowest BCUT2D eigenvalue weighted by molar-refractivity contribution is -0.00790. The van der Waals surface area contributed by atoms with E-state index < -0.39 is 0 Å². The van der Waals surface area contributed by atoms with Crippen molar-refractivity contribution in [3.63, 3.8) is 0 Å². The van der Waals surface area contributed by atoms with Gasteiger partial charge in [-0.3, -0.25) is 14.6 Å². The van der Waals surface area contributed by atoms with Gasteiger partial charge in [0.2, 0.25) is 0 Å². The van der Waals surface area contributed by atoms with Gasteiger partial charge in [0.05, 0.1) is 18.4 Å². The number of piperidine rings is 1. The molecule has 1 saturated heterocycles. The molecule has 1 amide bonds. The van der Waals surface area contributed by atoms with Crippen LogP contribution < -0.4 is 5.56 Å². The molecule has 1 fully saturated rings. The summed E-state index contributed by atoms with van der Waals surface area (Å²) in [7, 11) is 0. The molecule has 0 aromatic carbocycles. The minimum atomic E-state index is -0.267. The van der Waals surface area contributed by atoms with Gasteiger partial charge < -0.3 is 14.6 Å². The second-order valence-electron chi connectivity index (χ2n) is 7.37. The largest absolute Gasteiger partial charge is 0.370 e. The van der Waals surface area contributed by atoms with E-state index in [0.29, 0.717) is 19.7 Å². The standard InChI is InChI=1S/C21H25N3O3/c25-20-18(12-15-6-1-2-9-19(15)23-20)21(26)24-11-5-8-17(13-24)27-14-16-7-3-4-10-22-16/h3-4,7,10,12,17H,1-2,5-6,8-9,11,13-14H2,(H,23,25)/t17-/m0/s1. The van der Waals surface area contributed by atoms with E-state index in [0.717, 1.165) is 55.5 Å². The topological polar surface area (TPSA) is 75.3 Å². The van der Waals surface area contributed by atoms with Crippen molar-refractivity contribution in [3.05, 3.63) is 63.3 Å². The minimum Gasteiger partial charge on any atom is -0.370 e. The first-order valence-electron chi connectivity index (χ1n) is 9.76. The fraction of sp³-hybridized carbons (Fsp3) is 0.476. The summed E-state index contributed by atoms with van der Waals surface area (Å²) < 4.78 is 5.96. The van der Waals surface area contributed by atoms with Gasteiger partial charge in [0.1, 0.15) is 5.56 Å². The number of aryl methyl sites for hydroxylation is 2. The number of ether oxygens (including phenoxy) is 1. The summed E-state index contributed by atoms with van der Waals surface area (Å²) in [5.41, 5.74) is 2.99. The van der Waals surface area contributed by atoms with Gasteiger partial charge in [0.15, 0.2) is 0 Å². The van der Waals surface area contributed by atoms with Crippen LogP contribution in [-0.2, 0) is 24.2 Å². The highest BCUT2D eigenvalue weighted by Crippen LogP contribution is 2.21. The first-order valence-corrected chi connectivity index (χ1v) is 9.76. The molecular weight excluding hydrogens is 342 g/mol. The van der Waals surface area contributed by atoms with Crippen LogP contribution in [0.2, 0.25) is 0 Å². The number of hydrogen-bond acceptors (Lipinski definition) is 4. The van der Waals surface area contributed by atoms with Crippen LogP contribution in [0, 0.1) is 0 Å². The van der Waals surface area contributed by atoms with Gasteiger partial charge in [-0.25, -0.2) is 0 Å². The van der Waals surface area contributed by atoms with Gasteiger partial charge in [-0.05, 0) is 62.3 Å². The molecule has 4 rings (SSSR count). The smallest absolute Gasteiger partial charge is 0.261 e. The average molecular weight is 367 g/mol. The van der Waals surface area contributed by atoms with E-state index in [1.54, 1.807) is 11.1 Å². The summed E-state index contributed by atoms with van der Waals surface area (Å²) in [5.74, 6) is -0.184. The third kappa shape index (κ3) is 4.11. The molecule has 1 atom stereocenters. The van der Waals surface area contributed by atoms with E-state index in [-0.39, 0.29) is 23.1 Å². The molecule has 0 radical (unpaired) electrons. The van der Waals surface area contributed by atoms with Crippen LogP contribution >= 0.6 is 0 Å². The number of hydrogen-bond donors (Lipinski definition) is 1. The van der Waals surface area contributed by atoms with E-state index in [4.69, 9.17) is 4.74 Å². The number of aromatic amines is 1. The van der Waals surface area contributed by atoms with Gasteiger partial charge in [-0.1, -0.05) is 6.07 Å². The zero-order chi connectivity index (χ0) is 18.6. The van der Waals surface area contributed by atoms with Crippen molar-refractivity contribution in [3.8, 4) is 0 Å². The third-order valence-electron chi connectivity index (χ3n) is 5.43. The van der Waals surface area contributed by atoms with E-state index in [9.17, 15) is 9.59 Å². The first-order chi connectivity index (χ1) is 13.2. The molecule has 2 aromatic rings. The number of rotatable bonds is 4. The number of fused-ring (bicyclic) bond motifs is 1. The van der Waals surface area contributed by atoms with Crippen LogP contribution in [0.1, 0.15) is 53.0 Å². The summed E-state index contributed by atoms with van der Waals surface area (Å²) in [5, 5.41) is 0. The highest BCUT2D eigenvalue weighted by Gasteiger charge is 2.27. The Kier molecular flexibility index (Phi) is 5.34. The Labute approximate surface area is 158 Å². The first kappa shape index (κ1) is 17.9. The number of H-pyrrole nitrogens is 1. The van der Waals surface area contributed by atoms with Crippen molar-refractivity contribution in [1.29, 1.82) is 0 Å². The van der Waals surface area contributed by atoms with Crippen LogP contribution in [0.15, 0.2) is 35.3 Å². The maximum absolute atomic E-state index is 13.0. The molecule has 0 spiro atoms. The second-order valence-corrected chi connectivity index (χ2v) is 7.37. The summed E-state index contributed by atoms with van der Waals surface area (Å²) in [6, 6.07) is 7.55. The molecule has 2 aliphatic rings. The number of carbonyl (C=O) groups is 1. The SMILES string of the molecule is O=C(c1cc2c([nH]c1=O)CCCC2)N1CCC[C@H](OCc2ccccn2)C1. The maximum atomic E-state index is 13.0. The van der Waals surface area contributed by atoms with Gasteiger partial charge in [0, 0.05) is 25.0 Å². The Bertz CT molecular complexity index is 863. The molecule has 2 aromatic heterocycles. The Hall–Kier alpha value is -2.47. The van der Waals surface area contributed by atoms with E-state index in [1.165, 1.54) is 0 Å². The average Bonchev–Trinajstić information content (AvgIpc) is 2.72. The number of likely N-dealkylation sites (tertiary alicyclic amines) is 1. The lowest BCUT2D eigenvalue weighted by atomic mass is 9.94. The molecule has 27 heavy (non-hydrogen) atoms. The number of carbonyl (C=O) groups excluding carboxylic acids is 1. The number of amides is 1. The second kappa shape index (κ2) is 8.05. The zero-order valence-electron chi connectivity index (χ0n) is 15.4. The van der Waals surface area contributed by atoms with Gasteiger partial charge in [0.25, 0.3) is 11.5 Å². The van der Waals surface area contributed by atoms with Gasteiger partial charge in [-0.2, -0.15) is 0 Å². The number of nitrogens with zero attached hydrogens (tertiary/aromatic N) is 2. The summed E-state index contributed by atoms with van der Waals surface area (Å²) in [6.07, 6.45) is 7.55. The lowest BCUT2D eigenvalue weighted by Crippen LogP contribution is -2.44. The summed E-state index contributed by atoms with van der Waals surface area (Å²) in [6.45, 7) is 1.62. The molecule has 0 unspecified atom stereocenters. The summed E-state index contributed by atoms with van der Waals surface area (Å²) >= 11 is 0. The quantitative estimate of drug-likeness (QED) is 0.901. The molecule has 6 heteroatoms. The summed E-state index contributed by atoms with van der Waals surface area (Å²) in [4.78, 5) is 34.3. The zero-order valence-corrected chi connectivity index (χ0v) is 15.4. The molecular formula is C21H25N3O3. The fourth-order valence-corrected chi connectivity index (χ4v) is 3.95. The van der Waals surface area contributed by atoms with E-state index in [1.807, 2.05) is 24.3 Å². The van der Waals surface area contributed by atoms with Crippen molar-refractivity contribution in [1.82, 2.24) is 14.9 Å². The highest BCUT2D eigenvalue weighted by molar-refractivity contribution is 5.94. The number of aromatic nitrogens is 2. The monoisotopic (exact) mass is 367 g/mol. The van der Waals surface area contributed by atoms with Crippen LogP contribution in [0.4, 0.5) is 0 Å². The van der Waals surface area contributed by atoms with Gasteiger partial charge in [-0.15, -0.1) is 0 Å². The van der Waals surface area contributed by atoms with E-state index in [2.05, 4.69) is 9.97 Å². The van der Waals surface area contributed by atoms with Crippen LogP contribution in [0.5, 0.6) is 0 Å². The van der Waals surface area contributed by atoms with Crippen molar-refractivity contribution in [2.75, 3.05) is 13.1 Å². The molecule has 142 valence electrons. The predicted molar refractivity (Wildman–Crippen MR) is 102 cm³/mol. The Morgan fingerprint density at radius 2 is 2.15 bits per heavy atom. The Morgan fingerprint density at radius 1 is 1.26 bits per heavy atom. The number of pyridine rings is 2. The third-order valence-corrected chi connectivity index (χ3v) is 5.43. The van der Waals surface area contributed by atoms with Crippen molar-refractivity contribution in [2.45, 2.75) is 51.2 Å². The van der Waals surface area contributed by atoms with Crippen LogP contribution in [-0.4, -0.2) is 40.0 Å². The molecule has 6 nitrogen and oxygen atoms in total. The van der Waals surface area contributed by atoms with E-state index >= 15 is 0 Å². The van der Waals surface area contributed by atoms with Crippen molar-refractivity contribution in [2.24, 2.45) is 0 Å². The van der Waals surface area contributed by atoms with Crippen molar-refractivity contribution >= 4 is 5.91 Å². The van der Waals surface area contributed by atoms with Crippen LogP contribution in [0.3, 0.4) is 0 Å².